The van der Waals surface area contributed by atoms with Gasteiger partial charge in [-0.15, -0.1) is 0 Å². The summed E-state index contributed by atoms with van der Waals surface area (Å²) < 4.78 is 5.59. The van der Waals surface area contributed by atoms with E-state index in [4.69, 9.17) is 4.42 Å². The Morgan fingerprint density at radius 3 is 3.00 bits per heavy atom. The number of hydrogen-bond donors (Lipinski definition) is 1. The molecule has 3 heterocycles. The summed E-state index contributed by atoms with van der Waals surface area (Å²) in [6.45, 7) is 5.96. The number of piperazine rings is 1. The first kappa shape index (κ1) is 13.8. The predicted molar refractivity (Wildman–Crippen MR) is 79.1 cm³/mol. The number of carbonyl (C=O) groups is 1. The van der Waals surface area contributed by atoms with E-state index in [0.29, 0.717) is 12.3 Å². The molecule has 1 unspecified atom stereocenters. The van der Waals surface area contributed by atoms with E-state index in [9.17, 15) is 4.79 Å². The van der Waals surface area contributed by atoms with Gasteiger partial charge in [-0.25, -0.2) is 0 Å². The van der Waals surface area contributed by atoms with Crippen LogP contribution in [0.5, 0.6) is 0 Å². The second-order valence-corrected chi connectivity index (χ2v) is 5.37. The van der Waals surface area contributed by atoms with Crippen LogP contribution >= 0.6 is 0 Å². The average molecular weight is 285 g/mol. The zero-order valence-electron chi connectivity index (χ0n) is 12.3. The third-order valence-electron chi connectivity index (χ3n) is 3.81. The number of rotatable bonds is 2. The van der Waals surface area contributed by atoms with Crippen LogP contribution in [0.1, 0.15) is 33.5 Å². The van der Waals surface area contributed by atoms with E-state index in [-0.39, 0.29) is 11.9 Å². The Balaban J connectivity index is 1.91. The van der Waals surface area contributed by atoms with E-state index in [1.807, 2.05) is 43.1 Å². The van der Waals surface area contributed by atoms with Crippen molar-refractivity contribution in [2.45, 2.75) is 19.9 Å². The lowest BCUT2D eigenvalue weighted by Crippen LogP contribution is -2.48. The fourth-order valence-corrected chi connectivity index (χ4v) is 2.80. The summed E-state index contributed by atoms with van der Waals surface area (Å²) in [5.41, 5.74) is 1.93. The molecule has 1 atom stereocenters. The number of hydrogen-bond acceptors (Lipinski definition) is 4. The van der Waals surface area contributed by atoms with E-state index in [1.165, 1.54) is 0 Å². The summed E-state index contributed by atoms with van der Waals surface area (Å²) >= 11 is 0. The van der Waals surface area contributed by atoms with Crippen LogP contribution in [0.3, 0.4) is 0 Å². The number of aromatic nitrogens is 1. The molecule has 5 heteroatoms. The smallest absolute Gasteiger partial charge is 0.290 e. The summed E-state index contributed by atoms with van der Waals surface area (Å²) in [6, 6.07) is 5.79. The first-order valence-electron chi connectivity index (χ1n) is 7.15. The van der Waals surface area contributed by atoms with Crippen LogP contribution in [0.15, 0.2) is 35.0 Å². The number of carbonyl (C=O) groups excluding carboxylic acids is 1. The molecule has 2 aromatic heterocycles. The first-order chi connectivity index (χ1) is 10.2. The minimum absolute atomic E-state index is 0.00949. The Labute approximate surface area is 124 Å². The Morgan fingerprint density at radius 2 is 2.33 bits per heavy atom. The molecule has 0 bridgehead atoms. The van der Waals surface area contributed by atoms with E-state index < -0.39 is 0 Å². The highest BCUT2D eigenvalue weighted by Crippen LogP contribution is 2.25. The molecular formula is C16H19N3O2. The average Bonchev–Trinajstić information content (AvgIpc) is 2.86. The van der Waals surface area contributed by atoms with Crippen LogP contribution in [0.4, 0.5) is 0 Å². The molecule has 0 spiro atoms. The van der Waals surface area contributed by atoms with Gasteiger partial charge in [0, 0.05) is 37.6 Å². The van der Waals surface area contributed by atoms with Crippen molar-refractivity contribution in [3.05, 3.63) is 53.2 Å². The van der Waals surface area contributed by atoms with Crippen LogP contribution in [0.25, 0.3) is 0 Å². The summed E-state index contributed by atoms with van der Waals surface area (Å²) in [7, 11) is 0. The Morgan fingerprint density at radius 1 is 1.48 bits per heavy atom. The Kier molecular flexibility index (Phi) is 3.75. The first-order valence-corrected chi connectivity index (χ1v) is 7.15. The summed E-state index contributed by atoms with van der Waals surface area (Å²) in [6.07, 6.45) is 3.56. The maximum absolute atomic E-state index is 12.8. The van der Waals surface area contributed by atoms with Gasteiger partial charge in [0.25, 0.3) is 5.91 Å². The molecule has 1 aliphatic rings. The zero-order valence-corrected chi connectivity index (χ0v) is 12.3. The molecule has 0 aliphatic carbocycles. The fraction of sp³-hybridized carbons (Fsp3) is 0.375. The van der Waals surface area contributed by atoms with Crippen LogP contribution in [0, 0.1) is 13.8 Å². The van der Waals surface area contributed by atoms with Crippen molar-refractivity contribution in [2.24, 2.45) is 0 Å². The van der Waals surface area contributed by atoms with Gasteiger partial charge in [0.05, 0.1) is 6.04 Å². The summed E-state index contributed by atoms with van der Waals surface area (Å²) in [5.74, 6) is 1.17. The highest BCUT2D eigenvalue weighted by atomic mass is 16.4. The SMILES string of the molecule is Cc1cc(C)c(C(=O)N2CCNCC2c2cccnc2)o1. The molecule has 1 saturated heterocycles. The molecule has 21 heavy (non-hydrogen) atoms. The monoisotopic (exact) mass is 285 g/mol. The van der Waals surface area contributed by atoms with Gasteiger partial charge >= 0.3 is 0 Å². The number of furan rings is 1. The Hall–Kier alpha value is -2.14. The minimum atomic E-state index is -0.0454. The van der Waals surface area contributed by atoms with Gasteiger partial charge in [0.2, 0.25) is 0 Å². The molecule has 0 radical (unpaired) electrons. The van der Waals surface area contributed by atoms with Crippen molar-refractivity contribution in [1.82, 2.24) is 15.2 Å². The van der Waals surface area contributed by atoms with Gasteiger partial charge in [-0.05, 0) is 31.5 Å². The van der Waals surface area contributed by atoms with Crippen molar-refractivity contribution < 1.29 is 9.21 Å². The molecule has 110 valence electrons. The fourth-order valence-electron chi connectivity index (χ4n) is 2.80. The third-order valence-corrected chi connectivity index (χ3v) is 3.81. The van der Waals surface area contributed by atoms with Gasteiger partial charge in [-0.1, -0.05) is 6.07 Å². The third kappa shape index (κ3) is 2.69. The lowest BCUT2D eigenvalue weighted by Gasteiger charge is -2.36. The maximum atomic E-state index is 12.8. The van der Waals surface area contributed by atoms with Gasteiger partial charge < -0.3 is 14.6 Å². The maximum Gasteiger partial charge on any atom is 0.290 e. The van der Waals surface area contributed by atoms with Crippen molar-refractivity contribution in [3.8, 4) is 0 Å². The topological polar surface area (TPSA) is 58.4 Å². The van der Waals surface area contributed by atoms with Gasteiger partial charge in [0.15, 0.2) is 5.76 Å². The molecule has 5 nitrogen and oxygen atoms in total. The number of nitrogens with one attached hydrogen (secondary N) is 1. The number of pyridine rings is 1. The quantitative estimate of drug-likeness (QED) is 0.918. The number of nitrogens with zero attached hydrogens (tertiary/aromatic N) is 2. The number of aryl methyl sites for hydroxylation is 2. The highest BCUT2D eigenvalue weighted by molar-refractivity contribution is 5.93. The summed E-state index contributed by atoms with van der Waals surface area (Å²) in [4.78, 5) is 18.8. The standard InChI is InChI=1S/C16H19N3O2/c1-11-8-12(2)21-15(11)16(20)19-7-6-18-10-14(19)13-4-3-5-17-9-13/h3-5,8-9,14,18H,6-7,10H2,1-2H3. The van der Waals surface area contributed by atoms with Crippen molar-refractivity contribution in [3.63, 3.8) is 0 Å². The van der Waals surface area contributed by atoms with E-state index in [1.54, 1.807) is 6.20 Å². The van der Waals surface area contributed by atoms with Crippen molar-refractivity contribution in [2.75, 3.05) is 19.6 Å². The molecule has 2 aromatic rings. The van der Waals surface area contributed by atoms with E-state index in [0.717, 1.165) is 30.0 Å². The van der Waals surface area contributed by atoms with Crippen LogP contribution in [-0.4, -0.2) is 35.4 Å². The van der Waals surface area contributed by atoms with Crippen LogP contribution in [-0.2, 0) is 0 Å². The minimum Gasteiger partial charge on any atom is -0.456 e. The lowest BCUT2D eigenvalue weighted by atomic mass is 10.0. The molecule has 1 N–H and O–H groups in total. The molecule has 0 aromatic carbocycles. The molecule has 1 aliphatic heterocycles. The molecule has 1 amide bonds. The Bertz CT molecular complexity index is 636. The molecule has 3 rings (SSSR count). The largest absolute Gasteiger partial charge is 0.456 e. The van der Waals surface area contributed by atoms with E-state index >= 15 is 0 Å². The van der Waals surface area contributed by atoms with Crippen LogP contribution < -0.4 is 5.32 Å². The van der Waals surface area contributed by atoms with Gasteiger partial charge in [-0.3, -0.25) is 9.78 Å². The zero-order chi connectivity index (χ0) is 14.8. The van der Waals surface area contributed by atoms with Crippen molar-refractivity contribution in [1.29, 1.82) is 0 Å². The predicted octanol–water partition coefficient (Wildman–Crippen LogP) is 2.08. The van der Waals surface area contributed by atoms with Crippen LogP contribution in [0.2, 0.25) is 0 Å². The molecule has 0 saturated carbocycles. The van der Waals surface area contributed by atoms with Gasteiger partial charge in [-0.2, -0.15) is 0 Å². The molecular weight excluding hydrogens is 266 g/mol. The second-order valence-electron chi connectivity index (χ2n) is 5.37. The summed E-state index contributed by atoms with van der Waals surface area (Å²) in [5, 5.41) is 3.34. The normalized spacial score (nSPS) is 18.8. The number of amides is 1. The van der Waals surface area contributed by atoms with Gasteiger partial charge in [0.1, 0.15) is 5.76 Å². The van der Waals surface area contributed by atoms with E-state index in [2.05, 4.69) is 10.3 Å². The van der Waals surface area contributed by atoms with Crippen molar-refractivity contribution >= 4 is 5.91 Å². The second kappa shape index (κ2) is 5.69. The lowest BCUT2D eigenvalue weighted by molar-refractivity contribution is 0.0599. The highest BCUT2D eigenvalue weighted by Gasteiger charge is 2.31. The molecule has 1 fully saturated rings.